The standard InChI is InChI=1S/C19H23N5O4/c1-14(25)20-8-11-28-16-4-2-15(3-5-16)21-19(26)17-6-7-18(23-22-17)24-9-12-27-13-10-24/h2-7H,8-13H2,1H3,(H,20,25)(H,21,26). The predicted molar refractivity (Wildman–Crippen MR) is 104 cm³/mol. The minimum absolute atomic E-state index is 0.0947. The first-order chi connectivity index (χ1) is 13.6. The molecule has 0 saturated carbocycles. The Morgan fingerprint density at radius 1 is 1.11 bits per heavy atom. The molecule has 3 rings (SSSR count). The molecule has 0 unspecified atom stereocenters. The Hall–Kier alpha value is -3.20. The lowest BCUT2D eigenvalue weighted by Gasteiger charge is -2.27. The molecule has 1 aliphatic rings. The van der Waals surface area contributed by atoms with Crippen LogP contribution in [0.5, 0.6) is 5.75 Å². The second kappa shape index (κ2) is 9.65. The molecule has 2 heterocycles. The largest absolute Gasteiger partial charge is 0.492 e. The molecule has 1 saturated heterocycles. The summed E-state index contributed by atoms with van der Waals surface area (Å²) in [5, 5.41) is 13.6. The van der Waals surface area contributed by atoms with E-state index in [9.17, 15) is 9.59 Å². The molecule has 2 amide bonds. The number of hydrogen-bond acceptors (Lipinski definition) is 7. The summed E-state index contributed by atoms with van der Waals surface area (Å²) >= 11 is 0. The van der Waals surface area contributed by atoms with Gasteiger partial charge < -0.3 is 25.0 Å². The first kappa shape index (κ1) is 19.6. The molecule has 1 aromatic carbocycles. The average molecular weight is 385 g/mol. The second-order valence-electron chi connectivity index (χ2n) is 6.19. The van der Waals surface area contributed by atoms with Crippen molar-refractivity contribution in [3.8, 4) is 5.75 Å². The van der Waals surface area contributed by atoms with E-state index in [0.717, 1.165) is 18.9 Å². The van der Waals surface area contributed by atoms with Gasteiger partial charge in [-0.25, -0.2) is 0 Å². The number of aromatic nitrogens is 2. The Balaban J connectivity index is 1.50. The van der Waals surface area contributed by atoms with Gasteiger partial charge in [-0.1, -0.05) is 0 Å². The van der Waals surface area contributed by atoms with E-state index in [2.05, 4.69) is 25.7 Å². The number of nitrogens with one attached hydrogen (secondary N) is 2. The van der Waals surface area contributed by atoms with Crippen LogP contribution in [-0.2, 0) is 9.53 Å². The van der Waals surface area contributed by atoms with Crippen LogP contribution in [0, 0.1) is 0 Å². The quantitative estimate of drug-likeness (QED) is 0.687. The molecule has 0 radical (unpaired) electrons. The monoisotopic (exact) mass is 385 g/mol. The highest BCUT2D eigenvalue weighted by molar-refractivity contribution is 6.02. The fourth-order valence-electron chi connectivity index (χ4n) is 2.63. The molecule has 2 N–H and O–H groups in total. The summed E-state index contributed by atoms with van der Waals surface area (Å²) in [4.78, 5) is 25.2. The number of benzene rings is 1. The van der Waals surface area contributed by atoms with Gasteiger partial charge in [-0.15, -0.1) is 10.2 Å². The van der Waals surface area contributed by atoms with Gasteiger partial charge in [-0.3, -0.25) is 9.59 Å². The van der Waals surface area contributed by atoms with Gasteiger partial charge in [0.1, 0.15) is 12.4 Å². The van der Waals surface area contributed by atoms with Crippen LogP contribution >= 0.6 is 0 Å². The zero-order valence-corrected chi connectivity index (χ0v) is 15.7. The van der Waals surface area contributed by atoms with E-state index in [1.165, 1.54) is 6.92 Å². The van der Waals surface area contributed by atoms with Gasteiger partial charge in [0, 0.05) is 25.7 Å². The predicted octanol–water partition coefficient (Wildman–Crippen LogP) is 1.08. The molecule has 148 valence electrons. The van der Waals surface area contributed by atoms with Crippen molar-refractivity contribution in [2.24, 2.45) is 0 Å². The molecule has 28 heavy (non-hydrogen) atoms. The zero-order valence-electron chi connectivity index (χ0n) is 15.7. The number of morpholine rings is 1. The fraction of sp³-hybridized carbons (Fsp3) is 0.368. The van der Waals surface area contributed by atoms with E-state index in [0.29, 0.717) is 37.8 Å². The van der Waals surface area contributed by atoms with Crippen molar-refractivity contribution >= 4 is 23.3 Å². The zero-order chi connectivity index (χ0) is 19.8. The third kappa shape index (κ3) is 5.65. The lowest BCUT2D eigenvalue weighted by Crippen LogP contribution is -2.37. The maximum absolute atomic E-state index is 12.3. The van der Waals surface area contributed by atoms with Crippen LogP contribution in [0.3, 0.4) is 0 Å². The number of anilines is 2. The minimum Gasteiger partial charge on any atom is -0.492 e. The van der Waals surface area contributed by atoms with E-state index in [-0.39, 0.29) is 17.5 Å². The number of hydrogen-bond donors (Lipinski definition) is 2. The Morgan fingerprint density at radius 3 is 2.50 bits per heavy atom. The number of carbonyl (C=O) groups is 2. The molecule has 0 bridgehead atoms. The van der Waals surface area contributed by atoms with E-state index in [1.54, 1.807) is 36.4 Å². The second-order valence-corrected chi connectivity index (χ2v) is 6.19. The normalized spacial score (nSPS) is 13.7. The summed E-state index contributed by atoms with van der Waals surface area (Å²) in [6.07, 6.45) is 0. The van der Waals surface area contributed by atoms with Gasteiger partial charge >= 0.3 is 0 Å². The van der Waals surface area contributed by atoms with E-state index < -0.39 is 0 Å². The summed E-state index contributed by atoms with van der Waals surface area (Å²) in [5.41, 5.74) is 0.867. The topological polar surface area (TPSA) is 106 Å². The van der Waals surface area contributed by atoms with Crippen LogP contribution in [0.1, 0.15) is 17.4 Å². The van der Waals surface area contributed by atoms with Crippen molar-refractivity contribution in [3.05, 3.63) is 42.1 Å². The van der Waals surface area contributed by atoms with Crippen molar-refractivity contribution in [2.75, 3.05) is 49.7 Å². The molecule has 0 atom stereocenters. The summed E-state index contributed by atoms with van der Waals surface area (Å²) in [7, 11) is 0. The minimum atomic E-state index is -0.333. The van der Waals surface area contributed by atoms with Crippen LogP contribution < -0.4 is 20.3 Å². The van der Waals surface area contributed by atoms with Crippen LogP contribution in [0.15, 0.2) is 36.4 Å². The molecule has 0 spiro atoms. The third-order valence-electron chi connectivity index (χ3n) is 4.08. The van der Waals surface area contributed by atoms with Crippen molar-refractivity contribution in [1.82, 2.24) is 15.5 Å². The smallest absolute Gasteiger partial charge is 0.276 e. The van der Waals surface area contributed by atoms with Gasteiger partial charge in [0.25, 0.3) is 5.91 Å². The maximum Gasteiger partial charge on any atom is 0.276 e. The van der Waals surface area contributed by atoms with Crippen molar-refractivity contribution in [2.45, 2.75) is 6.92 Å². The molecular formula is C19H23N5O4. The molecular weight excluding hydrogens is 362 g/mol. The lowest BCUT2D eigenvalue weighted by molar-refractivity contribution is -0.119. The van der Waals surface area contributed by atoms with Gasteiger partial charge in [-0.05, 0) is 36.4 Å². The number of rotatable bonds is 7. The van der Waals surface area contributed by atoms with E-state index in [4.69, 9.17) is 9.47 Å². The van der Waals surface area contributed by atoms with E-state index in [1.807, 2.05) is 0 Å². The highest BCUT2D eigenvalue weighted by atomic mass is 16.5. The summed E-state index contributed by atoms with van der Waals surface area (Å²) in [6.45, 7) is 5.12. The Labute approximate surface area is 163 Å². The van der Waals surface area contributed by atoms with Crippen molar-refractivity contribution < 1.29 is 19.1 Å². The Morgan fingerprint density at radius 2 is 1.86 bits per heavy atom. The van der Waals surface area contributed by atoms with Gasteiger partial charge in [0.15, 0.2) is 11.5 Å². The Kier molecular flexibility index (Phi) is 6.74. The van der Waals surface area contributed by atoms with Gasteiger partial charge in [0.05, 0.1) is 19.8 Å². The SMILES string of the molecule is CC(=O)NCCOc1ccc(NC(=O)c2ccc(N3CCOCC3)nn2)cc1. The van der Waals surface area contributed by atoms with Crippen LogP contribution in [0.25, 0.3) is 0 Å². The number of amides is 2. The van der Waals surface area contributed by atoms with Crippen molar-refractivity contribution in [3.63, 3.8) is 0 Å². The van der Waals surface area contributed by atoms with Gasteiger partial charge in [-0.2, -0.15) is 0 Å². The number of carbonyl (C=O) groups excluding carboxylic acids is 2. The summed E-state index contributed by atoms with van der Waals surface area (Å²) in [6, 6.07) is 10.4. The molecule has 9 heteroatoms. The van der Waals surface area contributed by atoms with Crippen molar-refractivity contribution in [1.29, 1.82) is 0 Å². The van der Waals surface area contributed by atoms with Crippen LogP contribution in [-0.4, -0.2) is 61.5 Å². The van der Waals surface area contributed by atoms with Crippen LogP contribution in [0.2, 0.25) is 0 Å². The summed E-state index contributed by atoms with van der Waals surface area (Å²) in [5.74, 6) is 0.960. The highest BCUT2D eigenvalue weighted by Crippen LogP contribution is 2.17. The van der Waals surface area contributed by atoms with Crippen LogP contribution in [0.4, 0.5) is 11.5 Å². The number of ether oxygens (including phenoxy) is 2. The highest BCUT2D eigenvalue weighted by Gasteiger charge is 2.14. The first-order valence-corrected chi connectivity index (χ1v) is 9.07. The molecule has 1 aromatic heterocycles. The third-order valence-corrected chi connectivity index (χ3v) is 4.08. The Bertz CT molecular complexity index is 789. The first-order valence-electron chi connectivity index (χ1n) is 9.07. The molecule has 1 fully saturated rings. The average Bonchev–Trinajstić information content (AvgIpc) is 2.73. The lowest BCUT2D eigenvalue weighted by atomic mass is 10.3. The molecule has 2 aromatic rings. The number of nitrogens with zero attached hydrogens (tertiary/aromatic N) is 3. The fourth-order valence-corrected chi connectivity index (χ4v) is 2.63. The van der Waals surface area contributed by atoms with E-state index >= 15 is 0 Å². The van der Waals surface area contributed by atoms with Gasteiger partial charge in [0.2, 0.25) is 5.91 Å². The molecule has 0 aliphatic carbocycles. The maximum atomic E-state index is 12.3. The molecule has 1 aliphatic heterocycles. The molecule has 9 nitrogen and oxygen atoms in total. The summed E-state index contributed by atoms with van der Waals surface area (Å²) < 4.78 is 10.8.